The van der Waals surface area contributed by atoms with Crippen LogP contribution >= 0.6 is 15.9 Å². The van der Waals surface area contributed by atoms with Crippen LogP contribution in [0.2, 0.25) is 0 Å². The molecule has 2 heterocycles. The summed E-state index contributed by atoms with van der Waals surface area (Å²) in [4.78, 5) is 49.2. The summed E-state index contributed by atoms with van der Waals surface area (Å²) >= 11 is 3.29. The number of imide groups is 2. The van der Waals surface area contributed by atoms with E-state index in [0.717, 1.165) is 9.37 Å². The number of nitro groups is 1. The minimum absolute atomic E-state index is 0.0942. The van der Waals surface area contributed by atoms with Gasteiger partial charge in [-0.25, -0.2) is 9.69 Å². The average Bonchev–Trinajstić information content (AvgIpc) is 3.21. The van der Waals surface area contributed by atoms with Crippen molar-refractivity contribution < 1.29 is 19.3 Å². The molecule has 1 aromatic heterocycles. The molecule has 1 N–H and O–H groups in total. The molecule has 0 unspecified atom stereocenters. The van der Waals surface area contributed by atoms with Crippen LogP contribution < -0.4 is 10.2 Å². The minimum atomic E-state index is -0.844. The average molecular weight is 481 g/mol. The number of carbonyl (C=O) groups excluding carboxylic acids is 3. The Balaban J connectivity index is 1.74. The van der Waals surface area contributed by atoms with E-state index in [0.29, 0.717) is 17.1 Å². The van der Waals surface area contributed by atoms with Crippen molar-refractivity contribution >= 4 is 51.2 Å². The molecule has 4 rings (SSSR count). The summed E-state index contributed by atoms with van der Waals surface area (Å²) in [5.74, 6) is -1.60. The number of amides is 4. The monoisotopic (exact) mass is 480 g/mol. The lowest BCUT2D eigenvalue weighted by molar-refractivity contribution is -0.384. The molecule has 3 aromatic rings. The second kappa shape index (κ2) is 8.00. The van der Waals surface area contributed by atoms with Crippen molar-refractivity contribution in [2.45, 2.75) is 0 Å². The number of aromatic nitrogens is 1. The lowest BCUT2D eigenvalue weighted by Crippen LogP contribution is -2.54. The largest absolute Gasteiger partial charge is 0.335 e. The second-order valence-corrected chi connectivity index (χ2v) is 7.43. The Kier molecular flexibility index (Phi) is 5.22. The van der Waals surface area contributed by atoms with Crippen molar-refractivity contribution in [2.75, 3.05) is 4.90 Å². The SMILES string of the molecule is O=C1NC(=O)N(c2ccc(Br)cc2)C(=O)/C1=C\c1cccn1-c1cccc([N+](=O)[O-])c1. The molecule has 1 fully saturated rings. The van der Waals surface area contributed by atoms with Gasteiger partial charge in [0.25, 0.3) is 17.5 Å². The summed E-state index contributed by atoms with van der Waals surface area (Å²) in [6, 6.07) is 14.9. The van der Waals surface area contributed by atoms with Crippen molar-refractivity contribution in [3.05, 3.63) is 92.7 Å². The number of hydrogen-bond acceptors (Lipinski definition) is 5. The number of benzene rings is 2. The van der Waals surface area contributed by atoms with E-state index in [1.807, 2.05) is 0 Å². The molecule has 1 aliphatic rings. The first kappa shape index (κ1) is 20.2. The van der Waals surface area contributed by atoms with Gasteiger partial charge in [0.1, 0.15) is 5.57 Å². The standard InChI is InChI=1S/C21H13BrN4O5/c22-13-6-8-14(9-7-13)25-20(28)18(19(27)23-21(25)29)12-16-5-2-10-24(16)15-3-1-4-17(11-15)26(30)31/h1-12H,(H,23,27,29)/b18-12-. The predicted molar refractivity (Wildman–Crippen MR) is 116 cm³/mol. The number of carbonyl (C=O) groups is 3. The van der Waals surface area contributed by atoms with Gasteiger partial charge >= 0.3 is 6.03 Å². The number of hydrogen-bond donors (Lipinski definition) is 1. The molecule has 2 aromatic carbocycles. The highest BCUT2D eigenvalue weighted by Crippen LogP contribution is 2.25. The molecule has 9 nitrogen and oxygen atoms in total. The molecule has 0 bridgehead atoms. The van der Waals surface area contributed by atoms with Crippen LogP contribution in [0.1, 0.15) is 5.69 Å². The molecule has 0 saturated carbocycles. The maximum absolute atomic E-state index is 13.0. The Morgan fingerprint density at radius 2 is 1.71 bits per heavy atom. The first-order valence-corrected chi connectivity index (χ1v) is 9.73. The molecule has 0 aliphatic carbocycles. The Morgan fingerprint density at radius 1 is 0.968 bits per heavy atom. The minimum Gasteiger partial charge on any atom is -0.317 e. The zero-order valence-corrected chi connectivity index (χ0v) is 17.3. The number of anilines is 1. The van der Waals surface area contributed by atoms with Crippen LogP contribution in [0.4, 0.5) is 16.2 Å². The normalized spacial score (nSPS) is 15.3. The second-order valence-electron chi connectivity index (χ2n) is 6.51. The van der Waals surface area contributed by atoms with Gasteiger partial charge in [0.15, 0.2) is 0 Å². The molecular weight excluding hydrogens is 468 g/mol. The fourth-order valence-electron chi connectivity index (χ4n) is 3.13. The van der Waals surface area contributed by atoms with Crippen molar-refractivity contribution in [3.63, 3.8) is 0 Å². The van der Waals surface area contributed by atoms with Gasteiger partial charge in [0, 0.05) is 28.5 Å². The van der Waals surface area contributed by atoms with Crippen LogP contribution in [-0.2, 0) is 9.59 Å². The van der Waals surface area contributed by atoms with Gasteiger partial charge in [-0.2, -0.15) is 0 Å². The summed E-state index contributed by atoms with van der Waals surface area (Å²) in [5, 5.41) is 13.2. The summed E-state index contributed by atoms with van der Waals surface area (Å²) in [5.41, 5.74) is 0.883. The summed E-state index contributed by atoms with van der Waals surface area (Å²) in [7, 11) is 0. The fraction of sp³-hybridized carbons (Fsp3) is 0. The van der Waals surface area contributed by atoms with Gasteiger partial charge in [-0.05, 0) is 48.5 Å². The van der Waals surface area contributed by atoms with Gasteiger partial charge in [-0.1, -0.05) is 22.0 Å². The molecular formula is C21H13BrN4O5. The lowest BCUT2D eigenvalue weighted by atomic mass is 10.1. The van der Waals surface area contributed by atoms with Crippen molar-refractivity contribution in [2.24, 2.45) is 0 Å². The number of barbiturate groups is 1. The maximum Gasteiger partial charge on any atom is 0.335 e. The summed E-state index contributed by atoms with van der Waals surface area (Å²) in [6.07, 6.45) is 2.99. The van der Waals surface area contributed by atoms with Crippen LogP contribution in [0.3, 0.4) is 0 Å². The highest BCUT2D eigenvalue weighted by molar-refractivity contribution is 9.10. The van der Waals surface area contributed by atoms with E-state index in [2.05, 4.69) is 21.2 Å². The van der Waals surface area contributed by atoms with Crippen molar-refractivity contribution in [1.29, 1.82) is 0 Å². The van der Waals surface area contributed by atoms with Gasteiger partial charge in [-0.3, -0.25) is 25.0 Å². The number of rotatable bonds is 4. The molecule has 1 aliphatic heterocycles. The Hall–Kier alpha value is -4.05. The van der Waals surface area contributed by atoms with E-state index < -0.39 is 22.8 Å². The molecule has 0 atom stereocenters. The van der Waals surface area contributed by atoms with E-state index in [9.17, 15) is 24.5 Å². The topological polar surface area (TPSA) is 115 Å². The highest BCUT2D eigenvalue weighted by Gasteiger charge is 2.37. The van der Waals surface area contributed by atoms with Crippen LogP contribution in [0.5, 0.6) is 0 Å². The fourth-order valence-corrected chi connectivity index (χ4v) is 3.40. The first-order valence-electron chi connectivity index (χ1n) is 8.94. The summed E-state index contributed by atoms with van der Waals surface area (Å²) < 4.78 is 2.36. The van der Waals surface area contributed by atoms with Crippen LogP contribution in [0, 0.1) is 10.1 Å². The molecule has 1 saturated heterocycles. The number of nitrogens with zero attached hydrogens (tertiary/aromatic N) is 3. The molecule has 154 valence electrons. The van der Waals surface area contributed by atoms with Gasteiger partial charge < -0.3 is 4.57 Å². The third kappa shape index (κ3) is 3.88. The first-order chi connectivity index (χ1) is 14.8. The van der Waals surface area contributed by atoms with Crippen molar-refractivity contribution in [1.82, 2.24) is 9.88 Å². The number of nitrogens with one attached hydrogen (secondary N) is 1. The molecule has 0 spiro atoms. The van der Waals surface area contributed by atoms with Crippen LogP contribution in [0.25, 0.3) is 11.8 Å². The van der Waals surface area contributed by atoms with E-state index in [-0.39, 0.29) is 11.3 Å². The highest BCUT2D eigenvalue weighted by atomic mass is 79.9. The number of urea groups is 1. The zero-order valence-electron chi connectivity index (χ0n) is 15.7. The van der Waals surface area contributed by atoms with E-state index in [1.54, 1.807) is 53.2 Å². The Labute approximate surface area is 183 Å². The molecule has 4 amide bonds. The number of nitro benzene ring substituents is 1. The third-order valence-corrected chi connectivity index (χ3v) is 5.11. The predicted octanol–water partition coefficient (Wildman–Crippen LogP) is 3.81. The van der Waals surface area contributed by atoms with Crippen LogP contribution in [-0.4, -0.2) is 27.3 Å². The lowest BCUT2D eigenvalue weighted by Gasteiger charge is -2.26. The van der Waals surface area contributed by atoms with Gasteiger partial charge in [0.05, 0.1) is 16.3 Å². The number of halogens is 1. The Morgan fingerprint density at radius 3 is 2.42 bits per heavy atom. The smallest absolute Gasteiger partial charge is 0.317 e. The van der Waals surface area contributed by atoms with Gasteiger partial charge in [-0.15, -0.1) is 0 Å². The summed E-state index contributed by atoms with van der Waals surface area (Å²) in [6.45, 7) is 0. The van der Waals surface area contributed by atoms with Crippen molar-refractivity contribution in [3.8, 4) is 5.69 Å². The molecule has 0 radical (unpaired) electrons. The van der Waals surface area contributed by atoms with E-state index in [4.69, 9.17) is 0 Å². The molecule has 10 heteroatoms. The quantitative estimate of drug-likeness (QED) is 0.264. The molecule has 31 heavy (non-hydrogen) atoms. The number of non-ortho nitro benzene ring substituents is 1. The van der Waals surface area contributed by atoms with Gasteiger partial charge in [0.2, 0.25) is 0 Å². The van der Waals surface area contributed by atoms with E-state index in [1.165, 1.54) is 24.3 Å². The Bertz CT molecular complexity index is 1260. The van der Waals surface area contributed by atoms with Crippen LogP contribution in [0.15, 0.2) is 76.9 Å². The van der Waals surface area contributed by atoms with E-state index >= 15 is 0 Å². The zero-order chi connectivity index (χ0) is 22.1. The maximum atomic E-state index is 13.0. The third-order valence-electron chi connectivity index (χ3n) is 4.58.